The number of H-pyrrole nitrogens is 1. The van der Waals surface area contributed by atoms with E-state index in [1.165, 1.54) is 16.7 Å². The Hall–Kier alpha value is -3.57. The smallest absolute Gasteiger partial charge is 0.383 e. The maximum atomic E-state index is 12.8. The van der Waals surface area contributed by atoms with Crippen LogP contribution in [0.1, 0.15) is 39.1 Å². The number of alkyl halides is 3. The van der Waals surface area contributed by atoms with Gasteiger partial charge in [-0.1, -0.05) is 45.0 Å². The highest BCUT2D eigenvalue weighted by Gasteiger charge is 2.30. The number of nitrogens with one attached hydrogen (secondary N) is 1. The zero-order chi connectivity index (χ0) is 25.2. The molecule has 34 heavy (non-hydrogen) atoms. The second-order valence-electron chi connectivity index (χ2n) is 8.86. The van der Waals surface area contributed by atoms with Gasteiger partial charge in [-0.05, 0) is 24.0 Å². The number of nitrogens with zero attached hydrogens (tertiary/aromatic N) is 4. The Kier molecular flexibility index (Phi) is 7.18. The predicted octanol–water partition coefficient (Wildman–Crippen LogP) is 3.51. The lowest BCUT2D eigenvalue weighted by molar-refractivity contribution is -0.137. The van der Waals surface area contributed by atoms with Crippen molar-refractivity contribution in [1.29, 1.82) is 0 Å². The van der Waals surface area contributed by atoms with Crippen LogP contribution < -0.4 is 21.9 Å². The maximum Gasteiger partial charge on any atom is 0.416 e. The van der Waals surface area contributed by atoms with Crippen molar-refractivity contribution in [1.82, 2.24) is 19.7 Å². The molecule has 0 amide bonds. The summed E-state index contributed by atoms with van der Waals surface area (Å²) in [6.07, 6.45) is -4.45. The van der Waals surface area contributed by atoms with Crippen LogP contribution in [-0.2, 0) is 19.3 Å². The molecule has 1 aromatic carbocycles. The Bertz CT molecular complexity index is 1240. The molecule has 3 aromatic rings. The molecule has 0 unspecified atom stereocenters. The number of hydrogen-bond donors (Lipinski definition) is 2. The molecule has 184 valence electrons. The molecule has 0 aliphatic rings. The second kappa shape index (κ2) is 9.74. The first-order valence-electron chi connectivity index (χ1n) is 10.7. The molecule has 0 fully saturated rings. The molecule has 2 aromatic heterocycles. The van der Waals surface area contributed by atoms with Gasteiger partial charge in [0.15, 0.2) is 0 Å². The van der Waals surface area contributed by atoms with E-state index in [1.807, 2.05) is 27.7 Å². The van der Waals surface area contributed by atoms with E-state index in [1.54, 1.807) is 4.90 Å². The van der Waals surface area contributed by atoms with Gasteiger partial charge in [0.25, 0.3) is 5.56 Å². The normalized spacial score (nSPS) is 12.0. The van der Waals surface area contributed by atoms with Crippen LogP contribution >= 0.6 is 0 Å². The topological polar surface area (TPSA) is 123 Å². The molecular formula is C22H27F3N6O3. The SMILES string of the molecule is CC(C)CN(Cc1nc(-c2ccc(C(F)(F)F)cc2)no1)c1c(N)n(CC(C)C)c(=O)[nH]c1=O. The van der Waals surface area contributed by atoms with Gasteiger partial charge in [0, 0.05) is 18.7 Å². The lowest BCUT2D eigenvalue weighted by atomic mass is 10.1. The van der Waals surface area contributed by atoms with Gasteiger partial charge in [0.1, 0.15) is 11.5 Å². The number of nitrogen functional groups attached to an aromatic ring is 1. The first-order chi connectivity index (χ1) is 15.9. The number of aromatic nitrogens is 4. The van der Waals surface area contributed by atoms with Crippen molar-refractivity contribution in [3.8, 4) is 11.4 Å². The van der Waals surface area contributed by atoms with E-state index in [4.69, 9.17) is 10.3 Å². The number of nitrogens with two attached hydrogens (primary N) is 1. The summed E-state index contributed by atoms with van der Waals surface area (Å²) in [5.41, 5.74) is 4.71. The molecule has 0 saturated carbocycles. The largest absolute Gasteiger partial charge is 0.416 e. The summed E-state index contributed by atoms with van der Waals surface area (Å²) in [7, 11) is 0. The Morgan fingerprint density at radius 1 is 1.12 bits per heavy atom. The Balaban J connectivity index is 1.94. The second-order valence-corrected chi connectivity index (χ2v) is 8.86. The lowest BCUT2D eigenvalue weighted by Crippen LogP contribution is -2.40. The summed E-state index contributed by atoms with van der Waals surface area (Å²) >= 11 is 0. The zero-order valence-corrected chi connectivity index (χ0v) is 19.3. The fourth-order valence-corrected chi connectivity index (χ4v) is 3.51. The van der Waals surface area contributed by atoms with Gasteiger partial charge in [-0.3, -0.25) is 14.3 Å². The van der Waals surface area contributed by atoms with Gasteiger partial charge in [-0.15, -0.1) is 0 Å². The summed E-state index contributed by atoms with van der Waals surface area (Å²) in [6, 6.07) is 4.39. The van der Waals surface area contributed by atoms with Crippen molar-refractivity contribution in [3.05, 3.63) is 56.6 Å². The van der Waals surface area contributed by atoms with E-state index in [0.717, 1.165) is 12.1 Å². The highest BCUT2D eigenvalue weighted by Crippen LogP contribution is 2.30. The minimum atomic E-state index is -4.45. The molecule has 0 saturated heterocycles. The third-order valence-electron chi connectivity index (χ3n) is 4.93. The van der Waals surface area contributed by atoms with E-state index in [9.17, 15) is 22.8 Å². The summed E-state index contributed by atoms with van der Waals surface area (Å²) < 4.78 is 45.0. The third kappa shape index (κ3) is 5.67. The Morgan fingerprint density at radius 3 is 2.32 bits per heavy atom. The third-order valence-corrected chi connectivity index (χ3v) is 4.93. The van der Waals surface area contributed by atoms with Crippen LogP contribution in [0.3, 0.4) is 0 Å². The number of benzene rings is 1. The van der Waals surface area contributed by atoms with Crippen molar-refractivity contribution < 1.29 is 17.7 Å². The number of anilines is 2. The minimum absolute atomic E-state index is 0.0129. The number of rotatable bonds is 8. The average molecular weight is 480 g/mol. The molecular weight excluding hydrogens is 453 g/mol. The molecule has 0 bridgehead atoms. The summed E-state index contributed by atoms with van der Waals surface area (Å²) in [5, 5.41) is 3.85. The van der Waals surface area contributed by atoms with Gasteiger partial charge >= 0.3 is 11.9 Å². The minimum Gasteiger partial charge on any atom is -0.383 e. The molecule has 12 heteroatoms. The summed E-state index contributed by atoms with van der Waals surface area (Å²) in [4.78, 5) is 33.2. The van der Waals surface area contributed by atoms with Crippen LogP contribution in [0.15, 0.2) is 38.4 Å². The van der Waals surface area contributed by atoms with Gasteiger partial charge < -0.3 is 15.2 Å². The molecule has 3 rings (SSSR count). The molecule has 9 nitrogen and oxygen atoms in total. The molecule has 3 N–H and O–H groups in total. The average Bonchev–Trinajstić information content (AvgIpc) is 3.18. The molecule has 0 aliphatic heterocycles. The monoisotopic (exact) mass is 480 g/mol. The van der Waals surface area contributed by atoms with Crippen molar-refractivity contribution >= 4 is 11.5 Å². The fourth-order valence-electron chi connectivity index (χ4n) is 3.51. The molecule has 0 atom stereocenters. The van der Waals surface area contributed by atoms with Crippen molar-refractivity contribution in [2.75, 3.05) is 17.2 Å². The van der Waals surface area contributed by atoms with Crippen molar-refractivity contribution in [2.45, 2.75) is 47.0 Å². The highest BCUT2D eigenvalue weighted by atomic mass is 19.4. The van der Waals surface area contributed by atoms with Gasteiger partial charge in [-0.2, -0.15) is 18.2 Å². The molecule has 0 aliphatic carbocycles. The molecule has 0 spiro atoms. The maximum absolute atomic E-state index is 12.8. The van der Waals surface area contributed by atoms with Crippen LogP contribution in [0.25, 0.3) is 11.4 Å². The number of halogens is 3. The fraction of sp³-hybridized carbons (Fsp3) is 0.455. The van der Waals surface area contributed by atoms with Crippen molar-refractivity contribution in [2.24, 2.45) is 11.8 Å². The highest BCUT2D eigenvalue weighted by molar-refractivity contribution is 5.62. The Morgan fingerprint density at radius 2 is 1.76 bits per heavy atom. The van der Waals surface area contributed by atoms with Crippen LogP contribution in [-0.4, -0.2) is 26.2 Å². The predicted molar refractivity (Wildman–Crippen MR) is 121 cm³/mol. The van der Waals surface area contributed by atoms with Gasteiger partial charge in [-0.25, -0.2) is 4.79 Å². The number of aromatic amines is 1. The first-order valence-corrected chi connectivity index (χ1v) is 10.7. The van der Waals surface area contributed by atoms with Crippen LogP contribution in [0, 0.1) is 11.8 Å². The van der Waals surface area contributed by atoms with Crippen LogP contribution in [0.5, 0.6) is 0 Å². The van der Waals surface area contributed by atoms with Crippen LogP contribution in [0.4, 0.5) is 24.7 Å². The summed E-state index contributed by atoms with van der Waals surface area (Å²) in [6.45, 7) is 8.46. The van der Waals surface area contributed by atoms with E-state index >= 15 is 0 Å². The Labute approximate surface area is 193 Å². The van der Waals surface area contributed by atoms with Crippen LogP contribution in [0.2, 0.25) is 0 Å². The summed E-state index contributed by atoms with van der Waals surface area (Å²) in [5.74, 6) is 0.502. The van der Waals surface area contributed by atoms with E-state index in [2.05, 4.69) is 15.1 Å². The van der Waals surface area contributed by atoms with E-state index in [-0.39, 0.29) is 41.6 Å². The quantitative estimate of drug-likeness (QED) is 0.506. The van der Waals surface area contributed by atoms with E-state index in [0.29, 0.717) is 18.7 Å². The van der Waals surface area contributed by atoms with Gasteiger partial charge in [0.05, 0.1) is 12.1 Å². The lowest BCUT2D eigenvalue weighted by Gasteiger charge is -2.26. The first kappa shape index (κ1) is 25.1. The number of hydrogen-bond acceptors (Lipinski definition) is 7. The van der Waals surface area contributed by atoms with Gasteiger partial charge in [0.2, 0.25) is 11.7 Å². The molecule has 0 radical (unpaired) electrons. The standard InChI is InChI=1S/C22H27F3N6O3/c1-12(2)9-30(17-18(26)31(10-13(3)4)21(33)28-20(17)32)11-16-27-19(29-34-16)14-5-7-15(8-6-14)22(23,24)25/h5-8,12-13H,9-11,26H2,1-4H3,(H,28,32,33). The van der Waals surface area contributed by atoms with E-state index < -0.39 is 23.0 Å². The van der Waals surface area contributed by atoms with Crippen molar-refractivity contribution in [3.63, 3.8) is 0 Å². The zero-order valence-electron chi connectivity index (χ0n) is 19.3. The molecule has 2 heterocycles.